The van der Waals surface area contributed by atoms with Crippen molar-refractivity contribution in [3.05, 3.63) is 95.6 Å². The second-order valence-electron chi connectivity index (χ2n) is 6.16. The van der Waals surface area contributed by atoms with Crippen LogP contribution in [-0.2, 0) is 5.60 Å². The number of hydrogen-bond acceptors (Lipinski definition) is 2. The third-order valence-corrected chi connectivity index (χ3v) is 4.84. The fourth-order valence-electron chi connectivity index (χ4n) is 3.68. The maximum atomic E-state index is 11.7. The van der Waals surface area contributed by atoms with Crippen molar-refractivity contribution in [3.8, 4) is 11.1 Å². The van der Waals surface area contributed by atoms with E-state index in [4.69, 9.17) is 0 Å². The van der Waals surface area contributed by atoms with E-state index in [2.05, 4.69) is 17.1 Å². The van der Waals surface area contributed by atoms with Gasteiger partial charge in [0.2, 0.25) is 0 Å². The van der Waals surface area contributed by atoms with Gasteiger partial charge in [-0.1, -0.05) is 78.9 Å². The summed E-state index contributed by atoms with van der Waals surface area (Å²) in [5.41, 5.74) is 5.06. The molecule has 0 heterocycles. The molecule has 0 atom stereocenters. The molecule has 3 aromatic carbocycles. The van der Waals surface area contributed by atoms with Crippen LogP contribution in [0.2, 0.25) is 0 Å². The highest BCUT2D eigenvalue weighted by Gasteiger charge is 2.42. The minimum Gasteiger partial charge on any atom is -0.380 e. The lowest BCUT2D eigenvalue weighted by Crippen LogP contribution is -2.28. The maximum Gasteiger partial charge on any atom is 0.121 e. The molecule has 0 aliphatic heterocycles. The zero-order chi connectivity index (χ0) is 16.6. The Labute approximate surface area is 142 Å². The van der Waals surface area contributed by atoms with Gasteiger partial charge >= 0.3 is 0 Å². The number of nitrogens with zero attached hydrogens (tertiary/aromatic N) is 1. The Bertz CT molecular complexity index is 867. The summed E-state index contributed by atoms with van der Waals surface area (Å²) < 4.78 is 0. The lowest BCUT2D eigenvalue weighted by Gasteiger charge is -2.26. The van der Waals surface area contributed by atoms with Crippen LogP contribution in [0.4, 0.5) is 0 Å². The van der Waals surface area contributed by atoms with Crippen LogP contribution in [-0.4, -0.2) is 17.9 Å². The van der Waals surface area contributed by atoms with Gasteiger partial charge in [0.1, 0.15) is 5.60 Å². The molecular weight excluding hydrogens is 294 g/mol. The first-order chi connectivity index (χ1) is 11.7. The molecule has 0 unspecified atom stereocenters. The molecule has 1 aliphatic carbocycles. The van der Waals surface area contributed by atoms with E-state index in [1.807, 2.05) is 66.7 Å². The molecule has 0 amide bonds. The van der Waals surface area contributed by atoms with E-state index >= 15 is 0 Å². The topological polar surface area (TPSA) is 32.6 Å². The quantitative estimate of drug-likeness (QED) is 0.714. The number of hydrogen-bond donors (Lipinski definition) is 1. The smallest absolute Gasteiger partial charge is 0.121 e. The Morgan fingerprint density at radius 3 is 1.83 bits per heavy atom. The molecule has 0 saturated carbocycles. The predicted octanol–water partition coefficient (Wildman–Crippen LogP) is 4.41. The molecule has 0 aromatic heterocycles. The van der Waals surface area contributed by atoms with Gasteiger partial charge in [-0.3, -0.25) is 4.99 Å². The average molecular weight is 313 g/mol. The van der Waals surface area contributed by atoms with E-state index in [0.717, 1.165) is 33.5 Å². The van der Waals surface area contributed by atoms with Crippen LogP contribution in [0.25, 0.3) is 11.1 Å². The number of fused-ring (bicyclic) bond motifs is 3. The molecule has 2 nitrogen and oxygen atoms in total. The molecule has 2 heteroatoms. The molecule has 24 heavy (non-hydrogen) atoms. The van der Waals surface area contributed by atoms with Crippen molar-refractivity contribution in [2.24, 2.45) is 4.99 Å². The van der Waals surface area contributed by atoms with Gasteiger partial charge in [-0.15, -0.1) is 0 Å². The van der Waals surface area contributed by atoms with Crippen molar-refractivity contribution in [2.45, 2.75) is 12.0 Å². The Balaban J connectivity index is 1.85. The van der Waals surface area contributed by atoms with Gasteiger partial charge in [-0.05, 0) is 27.8 Å². The highest BCUT2D eigenvalue weighted by molar-refractivity contribution is 6.02. The average Bonchev–Trinajstić information content (AvgIpc) is 2.91. The Morgan fingerprint density at radius 1 is 0.792 bits per heavy atom. The fraction of sp³-hybridized carbons (Fsp3) is 0.136. The first-order valence-electron chi connectivity index (χ1n) is 8.17. The van der Waals surface area contributed by atoms with Gasteiger partial charge in [0.05, 0.1) is 0 Å². The van der Waals surface area contributed by atoms with E-state index in [1.165, 1.54) is 0 Å². The molecular formula is C22H19NO. The van der Waals surface area contributed by atoms with Crippen LogP contribution in [0.3, 0.4) is 0 Å². The van der Waals surface area contributed by atoms with Crippen molar-refractivity contribution >= 4 is 5.71 Å². The van der Waals surface area contributed by atoms with Crippen LogP contribution in [0.5, 0.6) is 0 Å². The van der Waals surface area contributed by atoms with Gasteiger partial charge in [-0.25, -0.2) is 0 Å². The number of aliphatic imine (C=N–C) groups is 1. The normalized spacial score (nSPS) is 15.0. The van der Waals surface area contributed by atoms with Crippen molar-refractivity contribution in [1.82, 2.24) is 0 Å². The van der Waals surface area contributed by atoms with Gasteiger partial charge < -0.3 is 5.11 Å². The Morgan fingerprint density at radius 2 is 1.29 bits per heavy atom. The highest BCUT2D eigenvalue weighted by Crippen LogP contribution is 2.49. The summed E-state index contributed by atoms with van der Waals surface area (Å²) in [6.07, 6.45) is 0.460. The summed E-state index contributed by atoms with van der Waals surface area (Å²) in [7, 11) is 1.79. The third kappa shape index (κ3) is 2.19. The van der Waals surface area contributed by atoms with Crippen LogP contribution in [0.15, 0.2) is 83.9 Å². The number of aliphatic hydroxyl groups is 1. The lowest BCUT2D eigenvalue weighted by atomic mass is 9.84. The molecule has 0 fully saturated rings. The summed E-state index contributed by atoms with van der Waals surface area (Å²) in [6, 6.07) is 26.3. The third-order valence-electron chi connectivity index (χ3n) is 4.84. The zero-order valence-corrected chi connectivity index (χ0v) is 13.6. The van der Waals surface area contributed by atoms with Gasteiger partial charge in [0, 0.05) is 19.2 Å². The standard InChI is InChI=1S/C22H19NO/c1-23-21(16-9-3-2-4-10-16)15-22(24)19-13-7-5-11-17(19)18-12-6-8-14-20(18)22/h2-14,24H,15H2,1H3. The van der Waals surface area contributed by atoms with Crippen LogP contribution < -0.4 is 0 Å². The summed E-state index contributed by atoms with van der Waals surface area (Å²) in [5, 5.41) is 11.7. The van der Waals surface area contributed by atoms with Crippen molar-refractivity contribution in [1.29, 1.82) is 0 Å². The summed E-state index contributed by atoms with van der Waals surface area (Å²) in [5.74, 6) is 0. The summed E-state index contributed by atoms with van der Waals surface area (Å²) in [6.45, 7) is 0. The largest absolute Gasteiger partial charge is 0.380 e. The van der Waals surface area contributed by atoms with Crippen LogP contribution in [0.1, 0.15) is 23.1 Å². The van der Waals surface area contributed by atoms with Crippen LogP contribution >= 0.6 is 0 Å². The van der Waals surface area contributed by atoms with Crippen molar-refractivity contribution < 1.29 is 5.11 Å². The van der Waals surface area contributed by atoms with Crippen molar-refractivity contribution in [3.63, 3.8) is 0 Å². The first-order valence-corrected chi connectivity index (χ1v) is 8.17. The lowest BCUT2D eigenvalue weighted by molar-refractivity contribution is 0.0940. The number of benzene rings is 3. The zero-order valence-electron chi connectivity index (χ0n) is 13.6. The SMILES string of the molecule is CN=C(CC1(O)c2ccccc2-c2ccccc21)c1ccccc1. The molecule has 0 radical (unpaired) electrons. The van der Waals surface area contributed by atoms with Gasteiger partial charge in [0.25, 0.3) is 0 Å². The molecule has 1 N–H and O–H groups in total. The highest BCUT2D eigenvalue weighted by atomic mass is 16.3. The Hall–Kier alpha value is -2.71. The number of rotatable bonds is 3. The molecule has 118 valence electrons. The summed E-state index contributed by atoms with van der Waals surface area (Å²) in [4.78, 5) is 4.47. The van der Waals surface area contributed by atoms with E-state index in [-0.39, 0.29) is 0 Å². The summed E-state index contributed by atoms with van der Waals surface area (Å²) >= 11 is 0. The first kappa shape index (κ1) is 14.9. The van der Waals surface area contributed by atoms with Crippen molar-refractivity contribution in [2.75, 3.05) is 7.05 Å². The van der Waals surface area contributed by atoms with Crippen LogP contribution in [0, 0.1) is 0 Å². The van der Waals surface area contributed by atoms with E-state index in [9.17, 15) is 5.11 Å². The molecule has 4 rings (SSSR count). The molecule has 3 aromatic rings. The molecule has 0 spiro atoms. The van der Waals surface area contributed by atoms with E-state index in [0.29, 0.717) is 6.42 Å². The van der Waals surface area contributed by atoms with E-state index < -0.39 is 5.60 Å². The van der Waals surface area contributed by atoms with E-state index in [1.54, 1.807) is 7.05 Å². The second-order valence-corrected chi connectivity index (χ2v) is 6.16. The fourth-order valence-corrected chi connectivity index (χ4v) is 3.68. The second kappa shape index (κ2) is 5.73. The van der Waals surface area contributed by atoms with Gasteiger partial charge in [0.15, 0.2) is 0 Å². The Kier molecular flexibility index (Phi) is 3.55. The monoisotopic (exact) mass is 313 g/mol. The molecule has 0 saturated heterocycles. The predicted molar refractivity (Wildman–Crippen MR) is 98.4 cm³/mol. The molecule has 1 aliphatic rings. The maximum absolute atomic E-state index is 11.7. The minimum absolute atomic E-state index is 0.460. The minimum atomic E-state index is -1.04. The molecule has 0 bridgehead atoms. The van der Waals surface area contributed by atoms with Gasteiger partial charge in [-0.2, -0.15) is 0 Å².